The molecule has 7 nitrogen and oxygen atoms in total. The van der Waals surface area contributed by atoms with E-state index in [0.29, 0.717) is 35.0 Å². The quantitative estimate of drug-likeness (QED) is 0.438. The van der Waals surface area contributed by atoms with Gasteiger partial charge in [-0.2, -0.15) is 0 Å². The van der Waals surface area contributed by atoms with Gasteiger partial charge in [-0.1, -0.05) is 0 Å². The first-order valence-electron chi connectivity index (χ1n) is 15.4. The predicted octanol–water partition coefficient (Wildman–Crippen LogP) is 5.66. The molecule has 3 aromatic rings. The van der Waals surface area contributed by atoms with Crippen LogP contribution in [0.15, 0.2) is 42.9 Å². The van der Waals surface area contributed by atoms with Crippen molar-refractivity contribution in [1.29, 1.82) is 0 Å². The maximum atomic E-state index is 14.4. The molecule has 8 heteroatoms. The number of hydrogen-bond donors (Lipinski definition) is 1. The van der Waals surface area contributed by atoms with Crippen LogP contribution in [0.5, 0.6) is 0 Å². The highest BCUT2D eigenvalue weighted by Gasteiger charge is 2.40. The third kappa shape index (κ3) is 5.39. The summed E-state index contributed by atoms with van der Waals surface area (Å²) in [6.07, 6.45) is 14.4. The molecular weight excluding hydrogens is 517 g/mol. The summed E-state index contributed by atoms with van der Waals surface area (Å²) in [5.41, 5.74) is 3.14. The molecule has 2 amide bonds. The Balaban J connectivity index is 1.25. The summed E-state index contributed by atoms with van der Waals surface area (Å²) in [6, 6.07) is 7.01. The van der Waals surface area contributed by atoms with Crippen LogP contribution < -0.4 is 5.32 Å². The number of rotatable bonds is 5. The highest BCUT2D eigenvalue weighted by molar-refractivity contribution is 5.99. The van der Waals surface area contributed by atoms with Crippen molar-refractivity contribution in [2.45, 2.75) is 89.3 Å². The first-order valence-corrected chi connectivity index (χ1v) is 15.4. The molecule has 0 spiro atoms. The molecule has 2 bridgehead atoms. The van der Waals surface area contributed by atoms with E-state index in [4.69, 9.17) is 0 Å². The largest absolute Gasteiger partial charge is 0.341 e. The van der Waals surface area contributed by atoms with Crippen LogP contribution in [0.1, 0.15) is 87.1 Å². The summed E-state index contributed by atoms with van der Waals surface area (Å²) in [6.45, 7) is 5.48. The Hall–Kier alpha value is -3.26. The summed E-state index contributed by atoms with van der Waals surface area (Å²) in [7, 11) is 1.75. The van der Waals surface area contributed by atoms with Gasteiger partial charge in [0.15, 0.2) is 0 Å². The number of pyridine rings is 1. The molecular formula is C33H42FN5O2. The summed E-state index contributed by atoms with van der Waals surface area (Å²) >= 11 is 0. The Labute approximate surface area is 242 Å². The highest BCUT2D eigenvalue weighted by Crippen LogP contribution is 2.38. The maximum Gasteiger partial charge on any atom is 0.256 e. The van der Waals surface area contributed by atoms with Gasteiger partial charge in [-0.25, -0.2) is 4.39 Å². The summed E-state index contributed by atoms with van der Waals surface area (Å²) in [5, 5.41) is 4.75. The van der Waals surface area contributed by atoms with E-state index in [9.17, 15) is 14.0 Å². The van der Waals surface area contributed by atoms with E-state index in [2.05, 4.69) is 21.4 Å². The lowest BCUT2D eigenvalue weighted by atomic mass is 9.76. The molecule has 1 atom stereocenters. The number of carbonyl (C=O) groups is 2. The van der Waals surface area contributed by atoms with E-state index in [-0.39, 0.29) is 18.0 Å². The topological polar surface area (TPSA) is 70.5 Å². The van der Waals surface area contributed by atoms with Gasteiger partial charge in [-0.05, 0) is 107 Å². The minimum atomic E-state index is -0.431. The van der Waals surface area contributed by atoms with Crippen LogP contribution in [-0.4, -0.2) is 69.4 Å². The molecule has 7 rings (SSSR count). The fourth-order valence-corrected chi connectivity index (χ4v) is 7.26. The molecule has 1 aliphatic carbocycles. The van der Waals surface area contributed by atoms with Crippen molar-refractivity contribution in [3.8, 4) is 5.69 Å². The van der Waals surface area contributed by atoms with Crippen molar-refractivity contribution in [3.63, 3.8) is 0 Å². The first kappa shape index (κ1) is 27.9. The first-order chi connectivity index (χ1) is 19.8. The van der Waals surface area contributed by atoms with E-state index in [1.54, 1.807) is 18.0 Å². The van der Waals surface area contributed by atoms with E-state index >= 15 is 0 Å². The molecule has 3 aliphatic heterocycles. The fraction of sp³-hybridized carbons (Fsp3) is 0.545. The minimum absolute atomic E-state index is 0.00514. The molecule has 3 saturated heterocycles. The molecule has 1 saturated carbocycles. The molecule has 2 aromatic heterocycles. The van der Waals surface area contributed by atoms with Crippen molar-refractivity contribution in [2.75, 3.05) is 20.1 Å². The van der Waals surface area contributed by atoms with Crippen LogP contribution >= 0.6 is 0 Å². The van der Waals surface area contributed by atoms with Crippen molar-refractivity contribution >= 4 is 22.7 Å². The number of hydrogen-bond acceptors (Lipinski definition) is 4. The Morgan fingerprint density at radius 2 is 1.78 bits per heavy atom. The van der Waals surface area contributed by atoms with Crippen LogP contribution in [0.25, 0.3) is 16.6 Å². The van der Waals surface area contributed by atoms with Gasteiger partial charge in [0.2, 0.25) is 5.91 Å². The van der Waals surface area contributed by atoms with E-state index in [1.165, 1.54) is 43.4 Å². The zero-order valence-electron chi connectivity index (χ0n) is 24.5. The number of nitrogens with one attached hydrogen (secondary N) is 1. The van der Waals surface area contributed by atoms with Gasteiger partial charge >= 0.3 is 0 Å². The standard InChI is InChI=1S/C33H42FN5O2/c1-21(2)37(3)32(40)27-18-24(34)10-13-29(27)39-20-28(26-14-15-35-19-30(26)39)22-6-4-16-38(17-5-7-22)33(41)31-23-8-11-25(36-31)12-9-23/h10,13-15,18-23,25,31,36H,4-9,11-12,16-17H2,1-3H3/t23?,25?,31-/m1/s1. The number of carbonyl (C=O) groups excluding carboxylic acids is 2. The van der Waals surface area contributed by atoms with Crippen molar-refractivity contribution in [2.24, 2.45) is 5.92 Å². The van der Waals surface area contributed by atoms with Gasteiger partial charge in [0.25, 0.3) is 5.91 Å². The van der Waals surface area contributed by atoms with Crippen molar-refractivity contribution < 1.29 is 14.0 Å². The molecule has 218 valence electrons. The molecule has 0 radical (unpaired) electrons. The van der Waals surface area contributed by atoms with E-state index < -0.39 is 5.82 Å². The summed E-state index contributed by atoms with van der Waals surface area (Å²) in [4.78, 5) is 35.0. The molecule has 4 aliphatic rings. The van der Waals surface area contributed by atoms with Crippen LogP contribution in [0, 0.1) is 11.7 Å². The van der Waals surface area contributed by atoms with Gasteiger partial charge in [0.05, 0.1) is 29.0 Å². The molecule has 1 N–H and O–H groups in total. The van der Waals surface area contributed by atoms with Gasteiger partial charge in [-0.15, -0.1) is 0 Å². The number of likely N-dealkylation sites (tertiary alicyclic amines) is 1. The SMILES string of the molecule is CC(C)N(C)C(=O)c1cc(F)ccc1-n1cc(C2CCCN(C(=O)[C@@H]3NC4CCC3CC4)CCC2)c2ccncc21. The predicted molar refractivity (Wildman–Crippen MR) is 159 cm³/mol. The molecule has 41 heavy (non-hydrogen) atoms. The van der Waals surface area contributed by atoms with Gasteiger partial charge in [-0.3, -0.25) is 14.6 Å². The number of benzene rings is 1. The van der Waals surface area contributed by atoms with Crippen molar-refractivity contribution in [3.05, 3.63) is 59.8 Å². The van der Waals surface area contributed by atoms with Crippen LogP contribution in [-0.2, 0) is 4.79 Å². The monoisotopic (exact) mass is 559 g/mol. The molecule has 0 unspecified atom stereocenters. The number of aromatic nitrogens is 2. The number of fused-ring (bicyclic) bond motifs is 4. The van der Waals surface area contributed by atoms with Crippen molar-refractivity contribution in [1.82, 2.24) is 24.7 Å². The average Bonchev–Trinajstić information content (AvgIpc) is 3.36. The van der Waals surface area contributed by atoms with Gasteiger partial charge < -0.3 is 19.7 Å². The van der Waals surface area contributed by atoms with Gasteiger partial charge in [0, 0.05) is 50.0 Å². The second-order valence-electron chi connectivity index (χ2n) is 12.6. The lowest BCUT2D eigenvalue weighted by Gasteiger charge is -2.44. The zero-order valence-corrected chi connectivity index (χ0v) is 24.5. The van der Waals surface area contributed by atoms with E-state index in [0.717, 1.165) is 49.7 Å². The normalized spacial score (nSPS) is 23.5. The third-order valence-electron chi connectivity index (χ3n) is 9.82. The zero-order chi connectivity index (χ0) is 28.7. The second kappa shape index (κ2) is 11.6. The Morgan fingerprint density at radius 3 is 2.44 bits per heavy atom. The highest BCUT2D eigenvalue weighted by atomic mass is 19.1. The van der Waals surface area contributed by atoms with Crippen LogP contribution in [0.4, 0.5) is 4.39 Å². The average molecular weight is 560 g/mol. The minimum Gasteiger partial charge on any atom is -0.341 e. The van der Waals surface area contributed by atoms with Gasteiger partial charge in [0.1, 0.15) is 5.82 Å². The number of nitrogens with zero attached hydrogens (tertiary/aromatic N) is 4. The Kier molecular flexibility index (Phi) is 7.86. The smallest absolute Gasteiger partial charge is 0.256 e. The number of amides is 2. The number of piperidine rings is 2. The lowest BCUT2D eigenvalue weighted by Crippen LogP contribution is -2.59. The third-order valence-corrected chi connectivity index (χ3v) is 9.82. The van der Waals surface area contributed by atoms with E-state index in [1.807, 2.05) is 36.9 Å². The van der Waals surface area contributed by atoms with Crippen LogP contribution in [0.2, 0.25) is 0 Å². The van der Waals surface area contributed by atoms with Crippen LogP contribution in [0.3, 0.4) is 0 Å². The second-order valence-corrected chi connectivity index (χ2v) is 12.6. The number of halogens is 1. The summed E-state index contributed by atoms with van der Waals surface area (Å²) < 4.78 is 16.4. The maximum absolute atomic E-state index is 14.4. The molecule has 5 heterocycles. The molecule has 1 aromatic carbocycles. The lowest BCUT2D eigenvalue weighted by molar-refractivity contribution is -0.137. The Bertz CT molecular complexity index is 1420. The summed E-state index contributed by atoms with van der Waals surface area (Å²) in [5.74, 6) is 0.493. The fourth-order valence-electron chi connectivity index (χ4n) is 7.26. The molecule has 4 fully saturated rings. The Morgan fingerprint density at radius 1 is 1.05 bits per heavy atom.